The van der Waals surface area contributed by atoms with Gasteiger partial charge in [0.15, 0.2) is 0 Å². The zero-order valence-corrected chi connectivity index (χ0v) is 15.4. The van der Waals surface area contributed by atoms with Gasteiger partial charge in [-0.05, 0) is 24.5 Å². The molecule has 0 N–H and O–H groups in total. The molecule has 3 saturated heterocycles. The Morgan fingerprint density at radius 3 is 2.68 bits per heavy atom. The van der Waals surface area contributed by atoms with Crippen molar-refractivity contribution in [1.29, 1.82) is 0 Å². The molecule has 1 spiro atoms. The van der Waals surface area contributed by atoms with E-state index in [9.17, 15) is 13.2 Å². The molecule has 1 aromatic rings. The molecular formula is C18H24N2O4S. The molecule has 3 aliphatic rings. The van der Waals surface area contributed by atoms with Crippen LogP contribution in [0.25, 0.3) is 0 Å². The maximum absolute atomic E-state index is 12.9. The van der Waals surface area contributed by atoms with E-state index in [1.807, 2.05) is 32.0 Å². The van der Waals surface area contributed by atoms with Crippen LogP contribution in [0.4, 0.5) is 0 Å². The van der Waals surface area contributed by atoms with Crippen LogP contribution in [0.1, 0.15) is 30.6 Å². The van der Waals surface area contributed by atoms with Crippen molar-refractivity contribution in [2.24, 2.45) is 5.92 Å². The third kappa shape index (κ3) is 2.69. The quantitative estimate of drug-likeness (QED) is 0.812. The third-order valence-corrected chi connectivity index (χ3v) is 7.73. The lowest BCUT2D eigenvalue weighted by molar-refractivity contribution is -0.0979. The summed E-state index contributed by atoms with van der Waals surface area (Å²) in [6.07, 6.45) is 0.289. The minimum Gasteiger partial charge on any atom is -0.365 e. The molecule has 3 fully saturated rings. The van der Waals surface area contributed by atoms with Gasteiger partial charge in [0, 0.05) is 25.2 Å². The normalized spacial score (nSPS) is 33.6. The number of carbonyl (C=O) groups excluding carboxylic acids is 1. The van der Waals surface area contributed by atoms with Crippen molar-refractivity contribution >= 4 is 15.9 Å². The second-order valence-corrected chi connectivity index (χ2v) is 9.93. The van der Waals surface area contributed by atoms with Gasteiger partial charge in [-0.2, -0.15) is 4.31 Å². The van der Waals surface area contributed by atoms with E-state index in [0.717, 1.165) is 0 Å². The number of morpholine rings is 1. The number of benzene rings is 1. The standard InChI is InChI=1S/C18H24N2O4S/c1-13(2)9-20-12-18-11-19(17(21)14-6-4-3-5-7-14)10-15(24-18)8-16(18)25(20,22)23/h3-7,13,15-16H,8-12H2,1-2H3/t15-,16+,18+/m1/s1. The largest absolute Gasteiger partial charge is 0.365 e. The first-order chi connectivity index (χ1) is 11.8. The van der Waals surface area contributed by atoms with Crippen molar-refractivity contribution < 1.29 is 17.9 Å². The Balaban J connectivity index is 1.61. The summed E-state index contributed by atoms with van der Waals surface area (Å²) in [5, 5.41) is -0.530. The molecule has 3 aliphatic heterocycles. The predicted molar refractivity (Wildman–Crippen MR) is 93.7 cm³/mol. The first-order valence-corrected chi connectivity index (χ1v) is 10.3. The van der Waals surface area contributed by atoms with Crippen molar-refractivity contribution in [3.63, 3.8) is 0 Å². The fourth-order valence-corrected chi connectivity index (χ4v) is 6.91. The van der Waals surface area contributed by atoms with Crippen molar-refractivity contribution in [2.75, 3.05) is 26.2 Å². The second kappa shape index (κ2) is 5.79. The lowest BCUT2D eigenvalue weighted by Crippen LogP contribution is -2.56. The van der Waals surface area contributed by atoms with Crippen LogP contribution in [-0.2, 0) is 14.8 Å². The van der Waals surface area contributed by atoms with Crippen molar-refractivity contribution in [3.05, 3.63) is 35.9 Å². The molecule has 25 heavy (non-hydrogen) atoms. The zero-order valence-electron chi connectivity index (χ0n) is 14.6. The number of amides is 1. The molecule has 0 radical (unpaired) electrons. The van der Waals surface area contributed by atoms with E-state index in [-0.39, 0.29) is 17.9 Å². The molecular weight excluding hydrogens is 340 g/mol. The van der Waals surface area contributed by atoms with E-state index in [0.29, 0.717) is 38.2 Å². The van der Waals surface area contributed by atoms with Gasteiger partial charge in [-0.25, -0.2) is 8.42 Å². The Kier molecular flexibility index (Phi) is 3.94. The predicted octanol–water partition coefficient (Wildman–Crippen LogP) is 1.34. The molecule has 3 heterocycles. The summed E-state index contributed by atoms with van der Waals surface area (Å²) in [4.78, 5) is 14.6. The van der Waals surface area contributed by atoms with E-state index >= 15 is 0 Å². The smallest absolute Gasteiger partial charge is 0.254 e. The van der Waals surface area contributed by atoms with Crippen LogP contribution in [0.5, 0.6) is 0 Å². The molecule has 2 bridgehead atoms. The maximum atomic E-state index is 12.9. The molecule has 4 rings (SSSR count). The molecule has 0 unspecified atom stereocenters. The molecule has 0 saturated carbocycles. The fourth-order valence-electron chi connectivity index (χ4n) is 4.44. The topological polar surface area (TPSA) is 66.9 Å². The minimum absolute atomic E-state index is 0.0476. The summed E-state index contributed by atoms with van der Waals surface area (Å²) in [6.45, 7) is 5.68. The summed E-state index contributed by atoms with van der Waals surface area (Å²) >= 11 is 0. The fraction of sp³-hybridized carbons (Fsp3) is 0.611. The summed E-state index contributed by atoms with van der Waals surface area (Å²) < 4.78 is 33.6. The number of hydrogen-bond donors (Lipinski definition) is 0. The van der Waals surface area contributed by atoms with Gasteiger partial charge < -0.3 is 9.64 Å². The number of fused-ring (bicyclic) bond motifs is 1. The van der Waals surface area contributed by atoms with Crippen LogP contribution in [0.3, 0.4) is 0 Å². The van der Waals surface area contributed by atoms with Gasteiger partial charge in [-0.3, -0.25) is 4.79 Å². The highest BCUT2D eigenvalue weighted by molar-refractivity contribution is 7.90. The highest BCUT2D eigenvalue weighted by atomic mass is 32.2. The Labute approximate surface area is 148 Å². The molecule has 3 atom stereocenters. The minimum atomic E-state index is -3.37. The van der Waals surface area contributed by atoms with E-state index in [1.165, 1.54) is 0 Å². The van der Waals surface area contributed by atoms with Crippen LogP contribution in [0.2, 0.25) is 0 Å². The molecule has 0 aromatic heterocycles. The third-order valence-electron chi connectivity index (χ3n) is 5.39. The first-order valence-electron chi connectivity index (χ1n) is 8.83. The second-order valence-electron chi connectivity index (χ2n) is 7.81. The van der Waals surface area contributed by atoms with Gasteiger partial charge in [0.2, 0.25) is 10.0 Å². The summed E-state index contributed by atoms with van der Waals surface area (Å²) in [5.41, 5.74) is -0.141. The maximum Gasteiger partial charge on any atom is 0.254 e. The van der Waals surface area contributed by atoms with Gasteiger partial charge in [0.25, 0.3) is 5.91 Å². The van der Waals surface area contributed by atoms with Crippen LogP contribution in [0.15, 0.2) is 30.3 Å². The lowest BCUT2D eigenvalue weighted by Gasteiger charge is -2.39. The van der Waals surface area contributed by atoms with Crippen LogP contribution < -0.4 is 0 Å². The number of sulfonamides is 1. The number of ether oxygens (including phenoxy) is 1. The van der Waals surface area contributed by atoms with E-state index in [1.54, 1.807) is 21.3 Å². The number of likely N-dealkylation sites (tertiary alicyclic amines) is 1. The van der Waals surface area contributed by atoms with Crippen molar-refractivity contribution in [2.45, 2.75) is 37.2 Å². The van der Waals surface area contributed by atoms with E-state index < -0.39 is 20.9 Å². The molecule has 0 aliphatic carbocycles. The van der Waals surface area contributed by atoms with E-state index in [2.05, 4.69) is 0 Å². The number of hydrogen-bond acceptors (Lipinski definition) is 4. The monoisotopic (exact) mass is 364 g/mol. The SMILES string of the molecule is CC(C)CN1C[C@@]23CN(C(=O)c4ccccc4)C[C@@H](C[C@@H]2S1(=O)=O)O3. The summed E-state index contributed by atoms with van der Waals surface area (Å²) in [7, 11) is -3.37. The number of nitrogens with zero attached hydrogens (tertiary/aromatic N) is 2. The number of carbonyl (C=O) groups is 1. The van der Waals surface area contributed by atoms with Crippen molar-refractivity contribution in [3.8, 4) is 0 Å². The average molecular weight is 364 g/mol. The van der Waals surface area contributed by atoms with E-state index in [4.69, 9.17) is 4.74 Å². The first kappa shape index (κ1) is 17.0. The molecule has 7 heteroatoms. The van der Waals surface area contributed by atoms with Gasteiger partial charge in [-0.15, -0.1) is 0 Å². The molecule has 1 amide bonds. The van der Waals surface area contributed by atoms with Gasteiger partial charge in [0.1, 0.15) is 10.9 Å². The average Bonchev–Trinajstić information content (AvgIpc) is 2.93. The van der Waals surface area contributed by atoms with Crippen LogP contribution in [0, 0.1) is 5.92 Å². The molecule has 6 nitrogen and oxygen atoms in total. The molecule has 1 aromatic carbocycles. The van der Waals surface area contributed by atoms with Crippen LogP contribution >= 0.6 is 0 Å². The Morgan fingerprint density at radius 1 is 1.28 bits per heavy atom. The van der Waals surface area contributed by atoms with Gasteiger partial charge in [0.05, 0.1) is 12.6 Å². The Morgan fingerprint density at radius 2 is 2.00 bits per heavy atom. The summed E-state index contributed by atoms with van der Waals surface area (Å²) in [6, 6.07) is 9.15. The van der Waals surface area contributed by atoms with Gasteiger partial charge in [-0.1, -0.05) is 32.0 Å². The molecule has 136 valence electrons. The highest BCUT2D eigenvalue weighted by Crippen LogP contribution is 2.46. The van der Waals surface area contributed by atoms with Crippen LogP contribution in [-0.4, -0.2) is 66.7 Å². The lowest BCUT2D eigenvalue weighted by atomic mass is 9.98. The zero-order chi connectivity index (χ0) is 17.8. The Hall–Kier alpha value is -1.44. The summed E-state index contributed by atoms with van der Waals surface area (Å²) in [5.74, 6) is 0.208. The Bertz CT molecular complexity index is 780. The van der Waals surface area contributed by atoms with Gasteiger partial charge >= 0.3 is 0 Å². The highest BCUT2D eigenvalue weighted by Gasteiger charge is 2.65. The number of rotatable bonds is 3. The van der Waals surface area contributed by atoms with Crippen molar-refractivity contribution in [1.82, 2.24) is 9.21 Å².